The van der Waals surface area contributed by atoms with E-state index in [1.54, 1.807) is 0 Å². The van der Waals surface area contributed by atoms with Crippen LogP contribution in [0.4, 0.5) is 0 Å². The van der Waals surface area contributed by atoms with Gasteiger partial charge in [0, 0.05) is 57.9 Å². The Labute approximate surface area is 475 Å². The zero-order valence-corrected chi connectivity index (χ0v) is 51.7. The highest BCUT2D eigenvalue weighted by molar-refractivity contribution is 5.71. The largest absolute Gasteiger partial charge is 0.466 e. The van der Waals surface area contributed by atoms with E-state index in [1.165, 1.54) is 161 Å². The summed E-state index contributed by atoms with van der Waals surface area (Å²) in [4.78, 5) is 61.1. The van der Waals surface area contributed by atoms with Gasteiger partial charge in [0.25, 0.3) is 0 Å². The van der Waals surface area contributed by atoms with Crippen LogP contribution in [-0.4, -0.2) is 147 Å². The molecule has 77 heavy (non-hydrogen) atoms. The Morgan fingerprint density at radius 1 is 0.325 bits per heavy atom. The van der Waals surface area contributed by atoms with Crippen LogP contribution in [0.15, 0.2) is 0 Å². The summed E-state index contributed by atoms with van der Waals surface area (Å²) in [7, 11) is 0. The van der Waals surface area contributed by atoms with Crippen molar-refractivity contribution in [2.75, 3.05) is 91.9 Å². The molecule has 0 aliphatic carbocycles. The minimum absolute atomic E-state index is 0.146. The Bertz CT molecular complexity index is 1310. The molecule has 2 atom stereocenters. The highest BCUT2D eigenvalue weighted by atomic mass is 16.5. The molecule has 1 fully saturated rings. The van der Waals surface area contributed by atoms with Crippen LogP contribution in [0.3, 0.4) is 0 Å². The SMILES string of the molecule is CCCCCCCCCCCOC(=O)CCN(CCCN1C[C@@H](C)N(CCCN(CCC(=O)OCCCCCCCCCC)CCC(=O)OCCCCCCCCCC)[C@H](C)C1)CCC(=O)OCCCCCCCCCC. The van der Waals surface area contributed by atoms with E-state index in [0.717, 1.165) is 103 Å². The lowest BCUT2D eigenvalue weighted by molar-refractivity contribution is -0.146. The smallest absolute Gasteiger partial charge is 0.307 e. The molecule has 0 aromatic rings. The highest BCUT2D eigenvalue weighted by Crippen LogP contribution is 2.18. The van der Waals surface area contributed by atoms with Gasteiger partial charge in [0.05, 0.1) is 52.1 Å². The van der Waals surface area contributed by atoms with Gasteiger partial charge in [-0.2, -0.15) is 0 Å². The average Bonchev–Trinajstić information content (AvgIpc) is 3.41. The standard InChI is InChI=1S/C65H126N4O8/c1-7-11-15-19-23-27-31-35-39-57-75-63(71)43-51-66(50-42-62(70)74-54-36-32-28-24-20-16-12-8-2)46-40-48-68-58-60(5)69(61(6)59-68)49-41-47-67(52-44-64(72)76-55-37-33-29-25-21-17-13-9-3)53-45-65(73)77-56-38-34-30-26-22-18-14-10-4/h60-61H,7-59H2,1-6H3/t60-,61-/m1/s1. The van der Waals surface area contributed by atoms with E-state index in [9.17, 15) is 19.2 Å². The zero-order valence-electron chi connectivity index (χ0n) is 51.7. The van der Waals surface area contributed by atoms with E-state index in [0.29, 0.717) is 90.4 Å². The van der Waals surface area contributed by atoms with E-state index in [1.807, 2.05) is 0 Å². The number of carbonyl (C=O) groups excluding carboxylic acids is 4. The summed E-state index contributed by atoms with van der Waals surface area (Å²) in [6, 6.07) is 0.773. The van der Waals surface area contributed by atoms with Crippen molar-refractivity contribution < 1.29 is 38.1 Å². The lowest BCUT2D eigenvalue weighted by Gasteiger charge is -2.45. The zero-order chi connectivity index (χ0) is 56.1. The van der Waals surface area contributed by atoms with Crippen LogP contribution in [-0.2, 0) is 38.1 Å². The van der Waals surface area contributed by atoms with Crippen LogP contribution in [0.25, 0.3) is 0 Å². The van der Waals surface area contributed by atoms with Crippen molar-refractivity contribution in [1.29, 1.82) is 0 Å². The summed E-state index contributed by atoms with van der Waals surface area (Å²) >= 11 is 0. The van der Waals surface area contributed by atoms with Crippen molar-refractivity contribution in [2.45, 2.75) is 304 Å². The highest BCUT2D eigenvalue weighted by Gasteiger charge is 2.29. The van der Waals surface area contributed by atoms with E-state index < -0.39 is 0 Å². The molecule has 0 saturated carbocycles. The summed E-state index contributed by atoms with van der Waals surface area (Å²) < 4.78 is 22.6. The number of rotatable bonds is 57. The Morgan fingerprint density at radius 3 is 0.818 bits per heavy atom. The fourth-order valence-corrected chi connectivity index (χ4v) is 10.9. The first-order valence-corrected chi connectivity index (χ1v) is 33.2. The Balaban J connectivity index is 2.67. The normalized spacial score (nSPS) is 15.2. The van der Waals surface area contributed by atoms with Crippen molar-refractivity contribution in [3.8, 4) is 0 Å². The molecule has 1 aliphatic heterocycles. The minimum atomic E-state index is -0.148. The molecular weight excluding hydrogens is 965 g/mol. The van der Waals surface area contributed by atoms with Gasteiger partial charge in [-0.15, -0.1) is 0 Å². The van der Waals surface area contributed by atoms with Gasteiger partial charge in [-0.05, 0) is 72.0 Å². The minimum Gasteiger partial charge on any atom is -0.466 e. The van der Waals surface area contributed by atoms with E-state index in [-0.39, 0.29) is 23.9 Å². The lowest BCUT2D eigenvalue weighted by Crippen LogP contribution is -2.57. The summed E-state index contributed by atoms with van der Waals surface area (Å²) in [6.45, 7) is 23.5. The third-order valence-electron chi connectivity index (χ3n) is 15.8. The van der Waals surface area contributed by atoms with Gasteiger partial charge in [-0.3, -0.25) is 24.1 Å². The summed E-state index contributed by atoms with van der Waals surface area (Å²) in [5, 5.41) is 0. The first-order valence-electron chi connectivity index (χ1n) is 33.2. The van der Waals surface area contributed by atoms with E-state index in [4.69, 9.17) is 18.9 Å². The maximum absolute atomic E-state index is 12.9. The maximum Gasteiger partial charge on any atom is 0.307 e. The molecule has 0 aromatic carbocycles. The van der Waals surface area contributed by atoms with E-state index >= 15 is 0 Å². The van der Waals surface area contributed by atoms with Crippen molar-refractivity contribution in [3.63, 3.8) is 0 Å². The second-order valence-electron chi connectivity index (χ2n) is 23.2. The van der Waals surface area contributed by atoms with Crippen LogP contribution < -0.4 is 0 Å². The molecule has 1 heterocycles. The predicted molar refractivity (Wildman–Crippen MR) is 322 cm³/mol. The number of esters is 4. The quantitative estimate of drug-likeness (QED) is 0.0328. The van der Waals surface area contributed by atoms with Crippen LogP contribution in [0, 0.1) is 0 Å². The predicted octanol–water partition coefficient (Wildman–Crippen LogP) is 15.5. The average molecular weight is 1090 g/mol. The van der Waals surface area contributed by atoms with Gasteiger partial charge in [0.15, 0.2) is 0 Å². The van der Waals surface area contributed by atoms with Gasteiger partial charge in [-0.1, -0.05) is 214 Å². The Hall–Kier alpha value is -2.28. The van der Waals surface area contributed by atoms with Crippen molar-refractivity contribution >= 4 is 23.9 Å². The summed E-state index contributed by atoms with van der Waals surface area (Å²) in [5.41, 5.74) is 0. The molecule has 0 radical (unpaired) electrons. The molecule has 1 rings (SSSR count). The number of ether oxygens (including phenoxy) is 4. The Morgan fingerprint density at radius 2 is 0.558 bits per heavy atom. The second kappa shape index (κ2) is 54.3. The van der Waals surface area contributed by atoms with Gasteiger partial charge in [-0.25, -0.2) is 0 Å². The molecular formula is C65H126N4O8. The number of carbonyl (C=O) groups is 4. The number of hydrogen-bond acceptors (Lipinski definition) is 12. The molecule has 454 valence electrons. The second-order valence-corrected chi connectivity index (χ2v) is 23.2. The summed E-state index contributed by atoms with van der Waals surface area (Å²) in [6.07, 6.45) is 43.4. The third kappa shape index (κ3) is 46.1. The topological polar surface area (TPSA) is 118 Å². The molecule has 1 aliphatic rings. The lowest BCUT2D eigenvalue weighted by atomic mass is 10.1. The van der Waals surface area contributed by atoms with Gasteiger partial charge in [0.2, 0.25) is 0 Å². The molecule has 0 spiro atoms. The molecule has 12 nitrogen and oxygen atoms in total. The van der Waals surface area contributed by atoms with Crippen molar-refractivity contribution in [1.82, 2.24) is 19.6 Å². The van der Waals surface area contributed by atoms with Crippen LogP contribution in [0.1, 0.15) is 292 Å². The van der Waals surface area contributed by atoms with Gasteiger partial charge >= 0.3 is 23.9 Å². The van der Waals surface area contributed by atoms with E-state index in [2.05, 4.69) is 61.1 Å². The van der Waals surface area contributed by atoms with Crippen LogP contribution >= 0.6 is 0 Å². The van der Waals surface area contributed by atoms with Crippen molar-refractivity contribution in [2.24, 2.45) is 0 Å². The van der Waals surface area contributed by atoms with Crippen LogP contribution in [0.2, 0.25) is 0 Å². The first-order chi connectivity index (χ1) is 37.6. The molecule has 0 N–H and O–H groups in total. The number of nitrogens with zero attached hydrogens (tertiary/aromatic N) is 4. The molecule has 12 heteroatoms. The fraction of sp³-hybridized carbons (Fsp3) is 0.938. The van der Waals surface area contributed by atoms with Crippen LogP contribution in [0.5, 0.6) is 0 Å². The number of unbranched alkanes of at least 4 members (excludes halogenated alkanes) is 29. The fourth-order valence-electron chi connectivity index (χ4n) is 10.9. The van der Waals surface area contributed by atoms with Gasteiger partial charge in [0.1, 0.15) is 0 Å². The number of hydrogen-bond donors (Lipinski definition) is 0. The van der Waals surface area contributed by atoms with Crippen molar-refractivity contribution in [3.05, 3.63) is 0 Å². The number of piperazine rings is 1. The molecule has 0 amide bonds. The Kier molecular flexibility index (Phi) is 51.3. The molecule has 0 bridgehead atoms. The maximum atomic E-state index is 12.9. The monoisotopic (exact) mass is 1090 g/mol. The molecule has 0 aromatic heterocycles. The molecule has 0 unspecified atom stereocenters. The first kappa shape index (κ1) is 72.7. The molecule has 1 saturated heterocycles. The summed E-state index contributed by atoms with van der Waals surface area (Å²) in [5.74, 6) is -0.588. The van der Waals surface area contributed by atoms with Gasteiger partial charge < -0.3 is 33.6 Å². The third-order valence-corrected chi connectivity index (χ3v) is 15.8.